The van der Waals surface area contributed by atoms with Gasteiger partial charge in [-0.1, -0.05) is 0 Å². The van der Waals surface area contributed by atoms with Gasteiger partial charge in [-0.2, -0.15) is 0 Å². The second-order valence-electron chi connectivity index (χ2n) is 3.71. The Hall–Kier alpha value is -1.47. The number of nitrogens with zero attached hydrogens (tertiary/aromatic N) is 1. The summed E-state index contributed by atoms with van der Waals surface area (Å²) in [6.07, 6.45) is 0.740. The fraction of sp³-hybridized carbons (Fsp3) is 0.500. The number of carbonyl (C=O) groups excluding carboxylic acids is 1. The number of thiazole rings is 1. The highest BCUT2D eigenvalue weighted by molar-refractivity contribution is 7.09. The predicted octanol–water partition coefficient (Wildman–Crippen LogP) is 0.494. The Kier molecular flexibility index (Phi) is 3.70. The number of carboxylic acids is 1. The van der Waals surface area contributed by atoms with Crippen LogP contribution in [-0.2, 0) is 16.1 Å². The van der Waals surface area contributed by atoms with E-state index < -0.39 is 5.97 Å². The third-order valence-corrected chi connectivity index (χ3v) is 3.33. The van der Waals surface area contributed by atoms with Crippen LogP contribution in [0.3, 0.4) is 0 Å². The van der Waals surface area contributed by atoms with E-state index in [0.29, 0.717) is 18.2 Å². The van der Waals surface area contributed by atoms with Crippen LogP contribution in [0.25, 0.3) is 0 Å². The maximum Gasteiger partial charge on any atom is 0.355 e. The van der Waals surface area contributed by atoms with Crippen molar-refractivity contribution in [2.24, 2.45) is 5.92 Å². The molecule has 0 spiro atoms. The largest absolute Gasteiger partial charge is 0.476 e. The number of carbonyl (C=O) groups is 2. The molecule has 1 fully saturated rings. The number of hydrogen-bond acceptors (Lipinski definition) is 5. The van der Waals surface area contributed by atoms with E-state index in [1.165, 1.54) is 16.7 Å². The van der Waals surface area contributed by atoms with Crippen molar-refractivity contribution < 1.29 is 19.4 Å². The van der Waals surface area contributed by atoms with Gasteiger partial charge in [0.15, 0.2) is 5.69 Å². The van der Waals surface area contributed by atoms with Gasteiger partial charge in [0.1, 0.15) is 5.01 Å². The minimum absolute atomic E-state index is 0.0171. The molecule has 1 aromatic heterocycles. The molecule has 0 saturated carbocycles. The lowest BCUT2D eigenvalue weighted by Crippen LogP contribution is -2.30. The molecular formula is C10H12N2O4S. The van der Waals surface area contributed by atoms with E-state index in [1.54, 1.807) is 0 Å². The minimum Gasteiger partial charge on any atom is -0.476 e. The van der Waals surface area contributed by atoms with E-state index in [-0.39, 0.29) is 24.1 Å². The van der Waals surface area contributed by atoms with E-state index in [9.17, 15) is 9.59 Å². The highest BCUT2D eigenvalue weighted by atomic mass is 32.1. The molecule has 0 aliphatic carbocycles. The van der Waals surface area contributed by atoms with Crippen LogP contribution in [0.2, 0.25) is 0 Å². The summed E-state index contributed by atoms with van der Waals surface area (Å²) in [4.78, 5) is 26.1. The standard InChI is InChI=1S/C10H12N2O4S/c13-9(6-1-2-16-4-6)11-3-8-12-7(5-17-8)10(14)15/h5-6H,1-4H2,(H,11,13)(H,14,15)/t6-/m1/s1. The number of aromatic nitrogens is 1. The average Bonchev–Trinajstić information content (AvgIpc) is 2.97. The molecule has 1 aliphatic rings. The zero-order chi connectivity index (χ0) is 12.3. The van der Waals surface area contributed by atoms with Crippen molar-refractivity contribution in [2.75, 3.05) is 13.2 Å². The summed E-state index contributed by atoms with van der Waals surface area (Å²) < 4.78 is 5.11. The number of aromatic carboxylic acids is 1. The van der Waals surface area contributed by atoms with E-state index in [4.69, 9.17) is 9.84 Å². The van der Waals surface area contributed by atoms with Crippen molar-refractivity contribution in [2.45, 2.75) is 13.0 Å². The Morgan fingerprint density at radius 3 is 3.06 bits per heavy atom. The summed E-state index contributed by atoms with van der Waals surface area (Å²) in [6, 6.07) is 0. The van der Waals surface area contributed by atoms with Gasteiger partial charge in [0.05, 0.1) is 19.1 Å². The summed E-state index contributed by atoms with van der Waals surface area (Å²) in [5.74, 6) is -1.20. The molecule has 92 valence electrons. The van der Waals surface area contributed by atoms with Crippen LogP contribution >= 0.6 is 11.3 Å². The molecule has 2 heterocycles. The number of carboxylic acid groups (broad SMARTS) is 1. The summed E-state index contributed by atoms with van der Waals surface area (Å²) in [6.45, 7) is 1.36. The quantitative estimate of drug-likeness (QED) is 0.818. The van der Waals surface area contributed by atoms with E-state index in [2.05, 4.69) is 10.3 Å². The molecule has 1 atom stereocenters. The Morgan fingerprint density at radius 1 is 1.65 bits per heavy atom. The predicted molar refractivity (Wildman–Crippen MR) is 59.8 cm³/mol. The van der Waals surface area contributed by atoms with Gasteiger partial charge in [-0.3, -0.25) is 4.79 Å². The monoisotopic (exact) mass is 256 g/mol. The first-order valence-electron chi connectivity index (χ1n) is 5.20. The second-order valence-corrected chi connectivity index (χ2v) is 4.65. The molecule has 2 N–H and O–H groups in total. The van der Waals surface area contributed by atoms with Crippen molar-refractivity contribution in [3.05, 3.63) is 16.1 Å². The fourth-order valence-corrected chi connectivity index (χ4v) is 2.25. The molecule has 1 saturated heterocycles. The number of hydrogen-bond donors (Lipinski definition) is 2. The molecule has 1 amide bonds. The van der Waals surface area contributed by atoms with Gasteiger partial charge >= 0.3 is 5.97 Å². The van der Waals surface area contributed by atoms with Gasteiger partial charge in [0.2, 0.25) is 5.91 Å². The van der Waals surface area contributed by atoms with Crippen LogP contribution < -0.4 is 5.32 Å². The average molecular weight is 256 g/mol. The molecule has 17 heavy (non-hydrogen) atoms. The Morgan fingerprint density at radius 2 is 2.47 bits per heavy atom. The molecule has 0 radical (unpaired) electrons. The lowest BCUT2D eigenvalue weighted by Gasteiger charge is -2.07. The molecular weight excluding hydrogens is 244 g/mol. The topological polar surface area (TPSA) is 88.5 Å². The van der Waals surface area contributed by atoms with Gasteiger partial charge in [0.25, 0.3) is 0 Å². The first-order valence-corrected chi connectivity index (χ1v) is 6.08. The highest BCUT2D eigenvalue weighted by Crippen LogP contribution is 2.13. The van der Waals surface area contributed by atoms with Gasteiger partial charge in [-0.05, 0) is 6.42 Å². The maximum atomic E-state index is 11.6. The second kappa shape index (κ2) is 5.24. The van der Waals surface area contributed by atoms with Crippen molar-refractivity contribution >= 4 is 23.2 Å². The smallest absolute Gasteiger partial charge is 0.355 e. The molecule has 2 rings (SSSR count). The summed E-state index contributed by atoms with van der Waals surface area (Å²) in [5, 5.41) is 13.5. The van der Waals surface area contributed by atoms with E-state index in [0.717, 1.165) is 6.42 Å². The zero-order valence-corrected chi connectivity index (χ0v) is 9.83. The molecule has 1 aromatic rings. The van der Waals surface area contributed by atoms with Gasteiger partial charge in [0, 0.05) is 12.0 Å². The molecule has 6 nitrogen and oxygen atoms in total. The number of ether oxygens (including phenoxy) is 1. The molecule has 0 unspecified atom stereocenters. The number of rotatable bonds is 4. The van der Waals surface area contributed by atoms with Crippen molar-refractivity contribution in [3.8, 4) is 0 Å². The van der Waals surface area contributed by atoms with Crippen LogP contribution in [0.5, 0.6) is 0 Å². The molecule has 0 bridgehead atoms. The van der Waals surface area contributed by atoms with Crippen LogP contribution in [-0.4, -0.2) is 35.2 Å². The summed E-state index contributed by atoms with van der Waals surface area (Å²) in [5.41, 5.74) is 0.0171. The van der Waals surface area contributed by atoms with E-state index in [1.807, 2.05) is 0 Å². The lowest BCUT2D eigenvalue weighted by atomic mass is 10.1. The first-order chi connectivity index (χ1) is 8.16. The van der Waals surface area contributed by atoms with Crippen LogP contribution in [0.4, 0.5) is 0 Å². The highest BCUT2D eigenvalue weighted by Gasteiger charge is 2.23. The SMILES string of the molecule is O=C(O)c1csc(CNC(=O)[C@@H]2CCOC2)n1. The first kappa shape index (κ1) is 12.0. The fourth-order valence-electron chi connectivity index (χ4n) is 1.54. The maximum absolute atomic E-state index is 11.6. The third kappa shape index (κ3) is 3.01. The van der Waals surface area contributed by atoms with Crippen LogP contribution in [0.1, 0.15) is 21.9 Å². The van der Waals surface area contributed by atoms with Crippen LogP contribution in [0.15, 0.2) is 5.38 Å². The lowest BCUT2D eigenvalue weighted by molar-refractivity contribution is -0.125. The Balaban J connectivity index is 1.84. The summed E-state index contributed by atoms with van der Waals surface area (Å²) in [7, 11) is 0. The third-order valence-electron chi connectivity index (χ3n) is 2.49. The summed E-state index contributed by atoms with van der Waals surface area (Å²) >= 11 is 1.22. The Labute approximate surface area is 102 Å². The molecule has 1 aliphatic heterocycles. The van der Waals surface area contributed by atoms with Gasteiger partial charge in [-0.15, -0.1) is 11.3 Å². The zero-order valence-electron chi connectivity index (χ0n) is 9.01. The number of nitrogens with one attached hydrogen (secondary N) is 1. The number of amides is 1. The van der Waals surface area contributed by atoms with Crippen molar-refractivity contribution in [3.63, 3.8) is 0 Å². The van der Waals surface area contributed by atoms with E-state index >= 15 is 0 Å². The van der Waals surface area contributed by atoms with Crippen molar-refractivity contribution in [1.82, 2.24) is 10.3 Å². The van der Waals surface area contributed by atoms with Gasteiger partial charge < -0.3 is 15.2 Å². The molecule has 7 heteroatoms. The van der Waals surface area contributed by atoms with Crippen LogP contribution in [0, 0.1) is 5.92 Å². The minimum atomic E-state index is -1.05. The molecule has 0 aromatic carbocycles. The van der Waals surface area contributed by atoms with Gasteiger partial charge in [-0.25, -0.2) is 9.78 Å². The normalized spacial score (nSPS) is 19.2. The Bertz CT molecular complexity index is 426. The van der Waals surface area contributed by atoms with Crippen molar-refractivity contribution in [1.29, 1.82) is 0 Å².